The summed E-state index contributed by atoms with van der Waals surface area (Å²) < 4.78 is 0. The van der Waals surface area contributed by atoms with Crippen LogP contribution in [0.1, 0.15) is 41.1 Å². The Morgan fingerprint density at radius 3 is 2.79 bits per heavy atom. The number of nitrogens with two attached hydrogens (primary N) is 1. The summed E-state index contributed by atoms with van der Waals surface area (Å²) in [6, 6.07) is 13.8. The Hall–Kier alpha value is -2.33. The van der Waals surface area contributed by atoms with Crippen LogP contribution in [0.2, 0.25) is 0 Å². The highest BCUT2D eigenvalue weighted by Crippen LogP contribution is 2.39. The number of carbonyl (C=O) groups excluding carboxylic acids is 1. The van der Waals surface area contributed by atoms with Gasteiger partial charge in [-0.15, -0.1) is 0 Å². The van der Waals surface area contributed by atoms with Gasteiger partial charge >= 0.3 is 0 Å². The van der Waals surface area contributed by atoms with E-state index in [0.717, 1.165) is 30.4 Å². The maximum Gasteiger partial charge on any atom is 0.235 e. The van der Waals surface area contributed by atoms with Gasteiger partial charge in [-0.1, -0.05) is 30.3 Å². The normalized spacial score (nSPS) is 23.3. The highest BCUT2D eigenvalue weighted by molar-refractivity contribution is 5.80. The minimum atomic E-state index is -0.293. The second-order valence-electron chi connectivity index (χ2n) is 6.85. The fourth-order valence-electron chi connectivity index (χ4n) is 4.26. The maximum absolute atomic E-state index is 12.1. The number of hydrogen-bond donors (Lipinski definition) is 2. The molecule has 0 fully saturated rings. The molecule has 124 valence electrons. The van der Waals surface area contributed by atoms with Crippen LogP contribution in [0.5, 0.6) is 5.75 Å². The van der Waals surface area contributed by atoms with Gasteiger partial charge in [0.1, 0.15) is 5.75 Å². The molecule has 0 radical (unpaired) electrons. The number of hydrogen-bond acceptors (Lipinski definition) is 3. The lowest BCUT2D eigenvalue weighted by Crippen LogP contribution is -2.50. The molecule has 4 heteroatoms. The molecule has 0 saturated heterocycles. The number of amides is 1. The Morgan fingerprint density at radius 1 is 1.12 bits per heavy atom. The Bertz CT molecular complexity index is 787. The molecule has 2 aliphatic rings. The molecule has 4 rings (SSSR count). The van der Waals surface area contributed by atoms with Crippen molar-refractivity contribution >= 4 is 5.91 Å². The van der Waals surface area contributed by atoms with Crippen molar-refractivity contribution in [3.63, 3.8) is 0 Å². The maximum atomic E-state index is 12.1. The standard InChI is InChI=1S/C20H22N2O2/c21-20(24)19-11-14-8-9-16(23)10-15(14)12-22(19)18-7-3-5-13-4-1-2-6-17(13)18/h1-2,4,6,8-10,18-19,23H,3,5,7,11-12H2,(H2,21,24)/t18-,19+/m1/s1. The van der Waals surface area contributed by atoms with E-state index < -0.39 is 0 Å². The van der Waals surface area contributed by atoms with Crippen molar-refractivity contribution in [2.45, 2.75) is 44.3 Å². The van der Waals surface area contributed by atoms with Crippen LogP contribution in [-0.4, -0.2) is 22.0 Å². The van der Waals surface area contributed by atoms with E-state index >= 15 is 0 Å². The number of phenolic OH excluding ortho intramolecular Hbond substituents is 1. The van der Waals surface area contributed by atoms with Crippen LogP contribution in [0, 0.1) is 0 Å². The number of primary amides is 1. The van der Waals surface area contributed by atoms with E-state index in [1.165, 1.54) is 11.1 Å². The molecule has 1 aliphatic carbocycles. The summed E-state index contributed by atoms with van der Waals surface area (Å²) in [6.07, 6.45) is 3.87. The van der Waals surface area contributed by atoms with Crippen molar-refractivity contribution in [3.05, 3.63) is 64.7 Å². The predicted molar refractivity (Wildman–Crippen MR) is 92.5 cm³/mol. The monoisotopic (exact) mass is 322 g/mol. The minimum Gasteiger partial charge on any atom is -0.508 e. The number of aryl methyl sites for hydroxylation is 1. The molecular weight excluding hydrogens is 300 g/mol. The van der Waals surface area contributed by atoms with Crippen LogP contribution < -0.4 is 5.73 Å². The van der Waals surface area contributed by atoms with Crippen molar-refractivity contribution in [1.29, 1.82) is 0 Å². The lowest BCUT2D eigenvalue weighted by molar-refractivity contribution is -0.125. The molecule has 0 unspecified atom stereocenters. The van der Waals surface area contributed by atoms with Gasteiger partial charge in [-0.05, 0) is 60.1 Å². The number of phenols is 1. The molecule has 0 saturated carbocycles. The summed E-state index contributed by atoms with van der Waals surface area (Å²) >= 11 is 0. The highest BCUT2D eigenvalue weighted by Gasteiger charge is 2.37. The van der Waals surface area contributed by atoms with Crippen LogP contribution in [0.4, 0.5) is 0 Å². The van der Waals surface area contributed by atoms with Gasteiger partial charge in [0.05, 0.1) is 6.04 Å². The van der Waals surface area contributed by atoms with Crippen molar-refractivity contribution in [2.24, 2.45) is 5.73 Å². The van der Waals surface area contributed by atoms with E-state index in [0.29, 0.717) is 13.0 Å². The van der Waals surface area contributed by atoms with Gasteiger partial charge < -0.3 is 10.8 Å². The van der Waals surface area contributed by atoms with Gasteiger partial charge in [-0.2, -0.15) is 0 Å². The third-order valence-electron chi connectivity index (χ3n) is 5.42. The third kappa shape index (κ3) is 2.57. The smallest absolute Gasteiger partial charge is 0.235 e. The molecule has 3 N–H and O–H groups in total. The van der Waals surface area contributed by atoms with Crippen LogP contribution in [-0.2, 0) is 24.2 Å². The van der Waals surface area contributed by atoms with Crippen LogP contribution in [0.3, 0.4) is 0 Å². The van der Waals surface area contributed by atoms with Gasteiger partial charge in [0.15, 0.2) is 0 Å². The van der Waals surface area contributed by atoms with Crippen molar-refractivity contribution in [1.82, 2.24) is 4.90 Å². The molecule has 2 atom stereocenters. The highest BCUT2D eigenvalue weighted by atomic mass is 16.3. The second kappa shape index (κ2) is 5.95. The molecule has 0 bridgehead atoms. The van der Waals surface area contributed by atoms with Gasteiger partial charge in [0.25, 0.3) is 0 Å². The summed E-state index contributed by atoms with van der Waals surface area (Å²) in [5.74, 6) is 0.00653. The van der Waals surface area contributed by atoms with Crippen LogP contribution in [0.25, 0.3) is 0 Å². The summed E-state index contributed by atoms with van der Waals surface area (Å²) in [5.41, 5.74) is 10.6. The minimum absolute atomic E-state index is 0.211. The Kier molecular flexibility index (Phi) is 3.77. The van der Waals surface area contributed by atoms with Gasteiger partial charge in [0.2, 0.25) is 5.91 Å². The zero-order valence-electron chi connectivity index (χ0n) is 13.6. The SMILES string of the molecule is NC(=O)[C@@H]1Cc2ccc(O)cc2CN1[C@@H]1CCCc2ccccc21. The first kappa shape index (κ1) is 15.2. The van der Waals surface area contributed by atoms with E-state index in [4.69, 9.17) is 5.73 Å². The van der Waals surface area contributed by atoms with Gasteiger partial charge in [-0.3, -0.25) is 9.69 Å². The summed E-state index contributed by atoms with van der Waals surface area (Å²) in [6.45, 7) is 0.649. The van der Waals surface area contributed by atoms with Crippen molar-refractivity contribution < 1.29 is 9.90 Å². The molecule has 1 aliphatic heterocycles. The van der Waals surface area contributed by atoms with E-state index in [1.807, 2.05) is 12.1 Å². The summed E-state index contributed by atoms with van der Waals surface area (Å²) in [7, 11) is 0. The number of aromatic hydroxyl groups is 1. The average Bonchev–Trinajstić information content (AvgIpc) is 2.60. The van der Waals surface area contributed by atoms with Gasteiger partial charge in [0, 0.05) is 12.6 Å². The number of benzene rings is 2. The summed E-state index contributed by atoms with van der Waals surface area (Å²) in [5, 5.41) is 9.81. The molecule has 2 aromatic rings. The molecule has 0 spiro atoms. The number of carbonyl (C=O) groups is 1. The first-order valence-corrected chi connectivity index (χ1v) is 8.57. The van der Waals surface area contributed by atoms with Crippen LogP contribution >= 0.6 is 0 Å². The Balaban J connectivity index is 1.75. The number of rotatable bonds is 2. The van der Waals surface area contributed by atoms with Crippen molar-refractivity contribution in [2.75, 3.05) is 0 Å². The molecule has 4 nitrogen and oxygen atoms in total. The quantitative estimate of drug-likeness (QED) is 0.893. The number of nitrogens with zero attached hydrogens (tertiary/aromatic N) is 1. The molecule has 0 aromatic heterocycles. The largest absolute Gasteiger partial charge is 0.508 e. The fourth-order valence-corrected chi connectivity index (χ4v) is 4.26. The second-order valence-corrected chi connectivity index (χ2v) is 6.85. The van der Waals surface area contributed by atoms with Crippen LogP contribution in [0.15, 0.2) is 42.5 Å². The predicted octanol–water partition coefficient (Wildman–Crippen LogP) is 2.68. The van der Waals surface area contributed by atoms with E-state index in [9.17, 15) is 9.90 Å². The zero-order chi connectivity index (χ0) is 16.7. The number of fused-ring (bicyclic) bond motifs is 2. The van der Waals surface area contributed by atoms with E-state index in [1.54, 1.807) is 6.07 Å². The third-order valence-corrected chi connectivity index (χ3v) is 5.42. The topological polar surface area (TPSA) is 66.6 Å². The molecule has 1 amide bonds. The van der Waals surface area contributed by atoms with E-state index in [2.05, 4.69) is 29.2 Å². The first-order chi connectivity index (χ1) is 11.6. The Morgan fingerprint density at radius 2 is 1.96 bits per heavy atom. The molecule has 1 heterocycles. The van der Waals surface area contributed by atoms with E-state index in [-0.39, 0.29) is 23.7 Å². The first-order valence-electron chi connectivity index (χ1n) is 8.57. The lowest BCUT2D eigenvalue weighted by Gasteiger charge is -2.42. The zero-order valence-corrected chi connectivity index (χ0v) is 13.6. The average molecular weight is 322 g/mol. The van der Waals surface area contributed by atoms with Gasteiger partial charge in [-0.25, -0.2) is 0 Å². The molecular formula is C20H22N2O2. The Labute approximate surface area is 141 Å². The van der Waals surface area contributed by atoms with Crippen molar-refractivity contribution in [3.8, 4) is 5.75 Å². The summed E-state index contributed by atoms with van der Waals surface area (Å²) in [4.78, 5) is 14.4. The lowest BCUT2D eigenvalue weighted by atomic mass is 9.83. The molecule has 2 aromatic carbocycles. The molecule has 24 heavy (non-hydrogen) atoms. The fraction of sp³-hybridized carbons (Fsp3) is 0.350.